The van der Waals surface area contributed by atoms with Crippen LogP contribution in [0.4, 0.5) is 0 Å². The number of hydrogen-bond acceptors (Lipinski definition) is 5. The van der Waals surface area contributed by atoms with Crippen LogP contribution < -0.4 is 5.73 Å². The molecular formula is C8H15NO5. The monoisotopic (exact) mass is 205 g/mol. The van der Waals surface area contributed by atoms with E-state index in [4.69, 9.17) is 15.9 Å². The summed E-state index contributed by atoms with van der Waals surface area (Å²) in [5.41, 5.74) is 5.19. The molecule has 0 amide bonds. The van der Waals surface area contributed by atoms with E-state index < -0.39 is 30.2 Å². The van der Waals surface area contributed by atoms with Gasteiger partial charge in [-0.05, 0) is 13.3 Å². The van der Waals surface area contributed by atoms with E-state index in [9.17, 15) is 9.59 Å². The van der Waals surface area contributed by atoms with Crippen LogP contribution in [0.3, 0.4) is 0 Å². The Morgan fingerprint density at radius 2 is 2.00 bits per heavy atom. The van der Waals surface area contributed by atoms with E-state index in [1.54, 1.807) is 6.92 Å². The van der Waals surface area contributed by atoms with Gasteiger partial charge in [-0.2, -0.15) is 0 Å². The number of hydrogen-bond donors (Lipinski definition) is 3. The number of carboxylic acid groups (broad SMARTS) is 1. The van der Waals surface area contributed by atoms with Crippen LogP contribution in [-0.2, 0) is 14.3 Å². The molecular weight excluding hydrogens is 190 g/mol. The van der Waals surface area contributed by atoms with Gasteiger partial charge in [0.1, 0.15) is 12.1 Å². The fourth-order valence-electron chi connectivity index (χ4n) is 0.703. The number of ether oxygens (including phenoxy) is 1. The smallest absolute Gasteiger partial charge is 0.335 e. The van der Waals surface area contributed by atoms with Gasteiger partial charge in [-0.3, -0.25) is 4.79 Å². The number of aliphatic carboxylic acids is 1. The van der Waals surface area contributed by atoms with Crippen LogP contribution in [0.5, 0.6) is 0 Å². The van der Waals surface area contributed by atoms with Crippen molar-refractivity contribution in [1.82, 2.24) is 0 Å². The van der Waals surface area contributed by atoms with Crippen LogP contribution in [0.1, 0.15) is 20.3 Å². The average molecular weight is 205 g/mol. The molecule has 6 heteroatoms. The van der Waals surface area contributed by atoms with Gasteiger partial charge >= 0.3 is 11.9 Å². The summed E-state index contributed by atoms with van der Waals surface area (Å²) in [5, 5.41) is 17.5. The fraction of sp³-hybridized carbons (Fsp3) is 0.750. The SMILES string of the molecule is CCC(O)C(=O)OC(C)C(N)C(=O)O. The van der Waals surface area contributed by atoms with Crippen LogP contribution >= 0.6 is 0 Å². The molecule has 0 aliphatic rings. The van der Waals surface area contributed by atoms with Crippen molar-refractivity contribution < 1.29 is 24.5 Å². The summed E-state index contributed by atoms with van der Waals surface area (Å²) in [6, 6.07) is -1.27. The van der Waals surface area contributed by atoms with E-state index in [1.165, 1.54) is 6.92 Å². The van der Waals surface area contributed by atoms with Gasteiger partial charge in [-0.15, -0.1) is 0 Å². The molecule has 0 aliphatic carbocycles. The maximum Gasteiger partial charge on any atom is 0.335 e. The first-order valence-corrected chi connectivity index (χ1v) is 4.27. The van der Waals surface area contributed by atoms with E-state index in [1.807, 2.05) is 0 Å². The Bertz CT molecular complexity index is 218. The van der Waals surface area contributed by atoms with Gasteiger partial charge in [0.2, 0.25) is 0 Å². The Balaban J connectivity index is 4.12. The molecule has 0 aromatic carbocycles. The molecule has 82 valence electrons. The first kappa shape index (κ1) is 12.9. The minimum atomic E-state index is -1.27. The molecule has 0 aliphatic heterocycles. The third-order valence-electron chi connectivity index (χ3n) is 1.75. The Labute approximate surface area is 81.7 Å². The van der Waals surface area contributed by atoms with Crippen molar-refractivity contribution in [2.75, 3.05) is 0 Å². The molecule has 3 unspecified atom stereocenters. The highest BCUT2D eigenvalue weighted by molar-refractivity contribution is 5.77. The highest BCUT2D eigenvalue weighted by atomic mass is 16.6. The quantitative estimate of drug-likeness (QED) is 0.502. The lowest BCUT2D eigenvalue weighted by atomic mass is 10.2. The van der Waals surface area contributed by atoms with Gasteiger partial charge in [-0.1, -0.05) is 6.92 Å². The third kappa shape index (κ3) is 3.71. The molecule has 0 bridgehead atoms. The highest BCUT2D eigenvalue weighted by Crippen LogP contribution is 2.01. The Hall–Kier alpha value is -1.14. The Kier molecular flexibility index (Phi) is 5.11. The van der Waals surface area contributed by atoms with Crippen LogP contribution in [0, 0.1) is 0 Å². The lowest BCUT2D eigenvalue weighted by Crippen LogP contribution is -2.43. The zero-order valence-corrected chi connectivity index (χ0v) is 8.14. The van der Waals surface area contributed by atoms with Crippen molar-refractivity contribution in [1.29, 1.82) is 0 Å². The second-order valence-electron chi connectivity index (χ2n) is 2.93. The number of esters is 1. The van der Waals surface area contributed by atoms with Crippen LogP contribution in [0.15, 0.2) is 0 Å². The summed E-state index contributed by atoms with van der Waals surface area (Å²) in [5.74, 6) is -2.10. The van der Waals surface area contributed by atoms with Gasteiger partial charge in [0.05, 0.1) is 0 Å². The molecule has 0 saturated carbocycles. The van der Waals surface area contributed by atoms with E-state index in [0.29, 0.717) is 0 Å². The summed E-state index contributed by atoms with van der Waals surface area (Å²) >= 11 is 0. The molecule has 0 aromatic heterocycles. The minimum absolute atomic E-state index is 0.216. The van der Waals surface area contributed by atoms with E-state index in [0.717, 1.165) is 0 Å². The molecule has 0 aromatic rings. The van der Waals surface area contributed by atoms with E-state index >= 15 is 0 Å². The van der Waals surface area contributed by atoms with Crippen molar-refractivity contribution >= 4 is 11.9 Å². The molecule has 3 atom stereocenters. The fourth-order valence-corrected chi connectivity index (χ4v) is 0.703. The zero-order chi connectivity index (χ0) is 11.3. The van der Waals surface area contributed by atoms with Crippen molar-refractivity contribution in [2.24, 2.45) is 5.73 Å². The lowest BCUT2D eigenvalue weighted by molar-refractivity contribution is -0.161. The number of carboxylic acids is 1. The molecule has 6 nitrogen and oxygen atoms in total. The van der Waals surface area contributed by atoms with Gasteiger partial charge in [0.15, 0.2) is 6.10 Å². The van der Waals surface area contributed by atoms with E-state index in [2.05, 4.69) is 4.74 Å². The van der Waals surface area contributed by atoms with Gasteiger partial charge in [0.25, 0.3) is 0 Å². The second-order valence-corrected chi connectivity index (χ2v) is 2.93. The third-order valence-corrected chi connectivity index (χ3v) is 1.75. The van der Waals surface area contributed by atoms with Crippen molar-refractivity contribution in [3.05, 3.63) is 0 Å². The normalized spacial score (nSPS) is 16.9. The molecule has 0 fully saturated rings. The predicted octanol–water partition coefficient (Wildman–Crippen LogP) is -0.899. The lowest BCUT2D eigenvalue weighted by Gasteiger charge is -2.18. The maximum atomic E-state index is 11.0. The molecule has 0 heterocycles. The Morgan fingerprint density at radius 3 is 2.36 bits per heavy atom. The number of aliphatic hydroxyl groups excluding tert-OH is 1. The summed E-state index contributed by atoms with van der Waals surface area (Å²) in [7, 11) is 0. The first-order valence-electron chi connectivity index (χ1n) is 4.27. The summed E-state index contributed by atoms with van der Waals surface area (Å²) in [6.45, 7) is 2.97. The van der Waals surface area contributed by atoms with Gasteiger partial charge < -0.3 is 20.7 Å². The van der Waals surface area contributed by atoms with Crippen molar-refractivity contribution in [2.45, 2.75) is 38.5 Å². The molecule has 0 saturated heterocycles. The molecule has 14 heavy (non-hydrogen) atoms. The number of carbonyl (C=O) groups excluding carboxylic acids is 1. The average Bonchev–Trinajstić information content (AvgIpc) is 2.14. The maximum absolute atomic E-state index is 11.0. The molecule has 0 spiro atoms. The van der Waals surface area contributed by atoms with Crippen molar-refractivity contribution in [3.8, 4) is 0 Å². The summed E-state index contributed by atoms with van der Waals surface area (Å²) < 4.78 is 4.63. The first-order chi connectivity index (χ1) is 6.40. The number of rotatable bonds is 5. The highest BCUT2D eigenvalue weighted by Gasteiger charge is 2.25. The van der Waals surface area contributed by atoms with Gasteiger partial charge in [0, 0.05) is 0 Å². The Morgan fingerprint density at radius 1 is 1.50 bits per heavy atom. The number of aliphatic hydroxyl groups is 1. The minimum Gasteiger partial charge on any atom is -0.480 e. The molecule has 0 rings (SSSR count). The topological polar surface area (TPSA) is 110 Å². The zero-order valence-electron chi connectivity index (χ0n) is 8.14. The number of nitrogens with two attached hydrogens (primary N) is 1. The van der Waals surface area contributed by atoms with Crippen LogP contribution in [-0.4, -0.2) is 40.4 Å². The van der Waals surface area contributed by atoms with Crippen LogP contribution in [0.2, 0.25) is 0 Å². The van der Waals surface area contributed by atoms with Crippen molar-refractivity contribution in [3.63, 3.8) is 0 Å². The molecule has 0 radical (unpaired) electrons. The largest absolute Gasteiger partial charge is 0.480 e. The second kappa shape index (κ2) is 5.56. The van der Waals surface area contributed by atoms with E-state index in [-0.39, 0.29) is 6.42 Å². The van der Waals surface area contributed by atoms with Gasteiger partial charge in [-0.25, -0.2) is 4.79 Å². The summed E-state index contributed by atoms with van der Waals surface area (Å²) in [4.78, 5) is 21.4. The van der Waals surface area contributed by atoms with Crippen LogP contribution in [0.25, 0.3) is 0 Å². The predicted molar refractivity (Wildman–Crippen MR) is 47.5 cm³/mol. The number of carbonyl (C=O) groups is 2. The molecule has 4 N–H and O–H groups in total. The summed E-state index contributed by atoms with van der Waals surface area (Å²) in [6.07, 6.45) is -1.96. The standard InChI is InChI=1S/C8H15NO5/c1-3-5(10)8(13)14-4(2)6(9)7(11)12/h4-6,10H,3,9H2,1-2H3,(H,11,12).